The summed E-state index contributed by atoms with van der Waals surface area (Å²) in [5.41, 5.74) is 4.25. The zero-order valence-electron chi connectivity index (χ0n) is 12.1. The summed E-state index contributed by atoms with van der Waals surface area (Å²) in [6, 6.07) is 0. The lowest BCUT2D eigenvalue weighted by Gasteiger charge is -2.38. The lowest BCUT2D eigenvalue weighted by Crippen LogP contribution is -2.32. The molecule has 1 saturated carbocycles. The van der Waals surface area contributed by atoms with E-state index >= 15 is 0 Å². The molecule has 0 radical (unpaired) electrons. The van der Waals surface area contributed by atoms with Gasteiger partial charge in [0.05, 0.1) is 0 Å². The van der Waals surface area contributed by atoms with Crippen LogP contribution < -0.4 is 0 Å². The quantitative estimate of drug-likeness (QED) is 0.615. The Kier molecular flexibility index (Phi) is 4.21. The number of thioether (sulfide) groups is 1. The number of allylic oxidation sites excluding steroid dienone is 2. The molecule has 1 heteroatoms. The van der Waals surface area contributed by atoms with Crippen molar-refractivity contribution in [2.75, 3.05) is 12.0 Å². The third-order valence-electron chi connectivity index (χ3n) is 4.87. The van der Waals surface area contributed by atoms with Crippen LogP contribution in [0.4, 0.5) is 0 Å². The van der Waals surface area contributed by atoms with Crippen LogP contribution in [0.25, 0.3) is 0 Å². The van der Waals surface area contributed by atoms with Gasteiger partial charge in [-0.15, -0.1) is 0 Å². The molecule has 2 unspecified atom stereocenters. The molecule has 1 fully saturated rings. The third-order valence-corrected chi connectivity index (χ3v) is 5.67. The normalized spacial score (nSPS) is 33.2. The van der Waals surface area contributed by atoms with Gasteiger partial charge in [-0.2, -0.15) is 11.8 Å². The molecule has 0 aromatic heterocycles. The Morgan fingerprint density at radius 1 is 1.38 bits per heavy atom. The zero-order valence-corrected chi connectivity index (χ0v) is 12.9. The number of hydrogen-bond acceptors (Lipinski definition) is 1. The maximum absolute atomic E-state index is 2.47. The van der Waals surface area contributed by atoms with E-state index in [2.05, 4.69) is 47.8 Å². The average molecular weight is 240 g/mol. The first kappa shape index (κ1) is 14.2. The van der Waals surface area contributed by atoms with Gasteiger partial charge in [-0.25, -0.2) is 0 Å². The Hall–Kier alpha value is 0.0900. The van der Waals surface area contributed by atoms with Gasteiger partial charge in [-0.3, -0.25) is 0 Å². The predicted molar refractivity (Wildman–Crippen MR) is 77.0 cm³/mol. The summed E-state index contributed by atoms with van der Waals surface area (Å²) in [7, 11) is 0. The van der Waals surface area contributed by atoms with E-state index in [0.29, 0.717) is 10.8 Å². The van der Waals surface area contributed by atoms with Crippen molar-refractivity contribution in [1.29, 1.82) is 0 Å². The van der Waals surface area contributed by atoms with E-state index in [1.165, 1.54) is 18.6 Å². The van der Waals surface area contributed by atoms with Crippen LogP contribution >= 0.6 is 11.8 Å². The summed E-state index contributed by atoms with van der Waals surface area (Å²) >= 11 is 2.01. The summed E-state index contributed by atoms with van der Waals surface area (Å²) in [6.07, 6.45) is 4.84. The molecular weight excluding hydrogens is 212 g/mol. The lowest BCUT2D eigenvalue weighted by molar-refractivity contribution is 0.172. The van der Waals surface area contributed by atoms with Crippen LogP contribution in [0.3, 0.4) is 0 Å². The summed E-state index contributed by atoms with van der Waals surface area (Å²) < 4.78 is 0. The fourth-order valence-electron chi connectivity index (χ4n) is 3.56. The van der Waals surface area contributed by atoms with E-state index in [-0.39, 0.29) is 0 Å². The van der Waals surface area contributed by atoms with Crippen molar-refractivity contribution >= 4 is 11.8 Å². The minimum atomic E-state index is 0.460. The van der Waals surface area contributed by atoms with Gasteiger partial charge in [0, 0.05) is 11.2 Å². The molecule has 0 aliphatic heterocycles. The maximum Gasteiger partial charge on any atom is 0.00332 e. The highest BCUT2D eigenvalue weighted by atomic mass is 32.2. The highest BCUT2D eigenvalue weighted by Crippen LogP contribution is 2.60. The van der Waals surface area contributed by atoms with E-state index in [0.717, 1.165) is 5.92 Å². The lowest BCUT2D eigenvalue weighted by atomic mass is 9.69. The van der Waals surface area contributed by atoms with Gasteiger partial charge >= 0.3 is 0 Å². The second-order valence-electron chi connectivity index (χ2n) is 6.31. The molecule has 0 aromatic rings. The van der Waals surface area contributed by atoms with Crippen molar-refractivity contribution in [1.82, 2.24) is 0 Å². The van der Waals surface area contributed by atoms with Crippen LogP contribution in [-0.2, 0) is 0 Å². The van der Waals surface area contributed by atoms with E-state index in [1.807, 2.05) is 11.8 Å². The van der Waals surface area contributed by atoms with Gasteiger partial charge in [-0.05, 0) is 44.3 Å². The Labute approximate surface area is 106 Å². The van der Waals surface area contributed by atoms with Gasteiger partial charge in [0.1, 0.15) is 0 Å². The molecule has 1 aliphatic rings. The van der Waals surface area contributed by atoms with Gasteiger partial charge < -0.3 is 0 Å². The van der Waals surface area contributed by atoms with Crippen molar-refractivity contribution in [3.63, 3.8) is 0 Å². The first-order valence-corrected chi connectivity index (χ1v) is 7.87. The first-order valence-electron chi connectivity index (χ1n) is 6.47. The van der Waals surface area contributed by atoms with Crippen LogP contribution in [0.5, 0.6) is 0 Å². The van der Waals surface area contributed by atoms with Crippen molar-refractivity contribution < 1.29 is 0 Å². The smallest absolute Gasteiger partial charge is 0.00332 e. The van der Waals surface area contributed by atoms with Crippen molar-refractivity contribution in [3.8, 4) is 0 Å². The molecular formula is C15H28S. The SMILES string of the molecule is CCC1(CSC)C(=C(C)C)CC(C)(C)C1C. The molecule has 0 amide bonds. The fourth-order valence-corrected chi connectivity index (χ4v) is 4.70. The van der Waals surface area contributed by atoms with E-state index in [1.54, 1.807) is 11.1 Å². The second-order valence-corrected chi connectivity index (χ2v) is 7.17. The molecule has 16 heavy (non-hydrogen) atoms. The zero-order chi connectivity index (χ0) is 12.6. The third kappa shape index (κ3) is 2.08. The highest BCUT2D eigenvalue weighted by Gasteiger charge is 2.51. The highest BCUT2D eigenvalue weighted by molar-refractivity contribution is 7.98. The Morgan fingerprint density at radius 2 is 1.94 bits per heavy atom. The van der Waals surface area contributed by atoms with Gasteiger partial charge in [-0.1, -0.05) is 38.8 Å². The maximum atomic E-state index is 2.47. The van der Waals surface area contributed by atoms with Crippen LogP contribution in [-0.4, -0.2) is 12.0 Å². The average Bonchev–Trinajstić information content (AvgIpc) is 2.40. The molecule has 0 saturated heterocycles. The monoisotopic (exact) mass is 240 g/mol. The van der Waals surface area contributed by atoms with Gasteiger partial charge in [0.25, 0.3) is 0 Å². The molecule has 1 aliphatic carbocycles. The van der Waals surface area contributed by atoms with Crippen LogP contribution in [0, 0.1) is 16.7 Å². The minimum Gasteiger partial charge on any atom is -0.165 e. The van der Waals surface area contributed by atoms with E-state index in [4.69, 9.17) is 0 Å². The molecule has 0 bridgehead atoms. The number of rotatable bonds is 3. The number of hydrogen-bond donors (Lipinski definition) is 0. The summed E-state index contributed by atoms with van der Waals surface area (Å²) in [5, 5.41) is 0. The minimum absolute atomic E-state index is 0.460. The molecule has 0 aromatic carbocycles. The van der Waals surface area contributed by atoms with Crippen LogP contribution in [0.1, 0.15) is 54.4 Å². The molecule has 0 spiro atoms. The Morgan fingerprint density at radius 3 is 2.31 bits per heavy atom. The Bertz CT molecular complexity index is 284. The summed E-state index contributed by atoms with van der Waals surface area (Å²) in [5.74, 6) is 2.08. The van der Waals surface area contributed by atoms with Crippen LogP contribution in [0.15, 0.2) is 11.1 Å². The Balaban J connectivity index is 3.25. The second kappa shape index (κ2) is 4.76. The summed E-state index contributed by atoms with van der Waals surface area (Å²) in [6.45, 7) is 14.3. The fraction of sp³-hybridized carbons (Fsp3) is 0.867. The first-order chi connectivity index (χ1) is 7.31. The van der Waals surface area contributed by atoms with Gasteiger partial charge in [0.2, 0.25) is 0 Å². The van der Waals surface area contributed by atoms with Gasteiger partial charge in [0.15, 0.2) is 0 Å². The predicted octanol–water partition coefficient (Wildman–Crippen LogP) is 5.15. The topological polar surface area (TPSA) is 0 Å². The summed E-state index contributed by atoms with van der Waals surface area (Å²) in [4.78, 5) is 0. The van der Waals surface area contributed by atoms with E-state index in [9.17, 15) is 0 Å². The molecule has 0 heterocycles. The van der Waals surface area contributed by atoms with Crippen molar-refractivity contribution in [3.05, 3.63) is 11.1 Å². The molecule has 1 rings (SSSR count). The standard InChI is InChI=1S/C15H28S/c1-8-15(10-16-7)12(4)14(5,6)9-13(15)11(2)3/h12H,8-10H2,1-7H3. The van der Waals surface area contributed by atoms with E-state index < -0.39 is 0 Å². The van der Waals surface area contributed by atoms with Crippen LogP contribution in [0.2, 0.25) is 0 Å². The molecule has 2 atom stereocenters. The molecule has 94 valence electrons. The molecule has 0 nitrogen and oxygen atoms in total. The van der Waals surface area contributed by atoms with Crippen molar-refractivity contribution in [2.45, 2.75) is 54.4 Å². The van der Waals surface area contributed by atoms with Crippen molar-refractivity contribution in [2.24, 2.45) is 16.7 Å². The largest absolute Gasteiger partial charge is 0.165 e. The molecule has 0 N–H and O–H groups in total.